The van der Waals surface area contributed by atoms with Gasteiger partial charge in [0.2, 0.25) is 0 Å². The maximum Gasteiger partial charge on any atom is 0.387 e. The van der Waals surface area contributed by atoms with Gasteiger partial charge in [-0.05, 0) is 30.5 Å². The number of fused-ring (bicyclic) bond motifs is 1. The monoisotopic (exact) mass is 500 g/mol. The zero-order valence-electron chi connectivity index (χ0n) is 18.2. The lowest BCUT2D eigenvalue weighted by Crippen LogP contribution is -2.15. The van der Waals surface area contributed by atoms with Crippen LogP contribution in [0.3, 0.4) is 0 Å². The van der Waals surface area contributed by atoms with E-state index in [4.69, 9.17) is 9.47 Å². The predicted octanol–water partition coefficient (Wildman–Crippen LogP) is 3.66. The summed E-state index contributed by atoms with van der Waals surface area (Å²) < 4.78 is 38.9. The third-order valence-corrected chi connectivity index (χ3v) is 6.11. The number of carbonyl (C=O) groups is 2. The zero-order chi connectivity index (χ0) is 24.5. The average molecular weight is 500 g/mol. The van der Waals surface area contributed by atoms with Gasteiger partial charge in [0.05, 0.1) is 24.7 Å². The number of aromatic nitrogens is 5. The summed E-state index contributed by atoms with van der Waals surface area (Å²) in [6.07, 6.45) is 8.25. The molecule has 1 N–H and O–H groups in total. The largest absolute Gasteiger partial charge is 0.464 e. The van der Waals surface area contributed by atoms with E-state index in [0.29, 0.717) is 12.1 Å². The summed E-state index contributed by atoms with van der Waals surface area (Å²) in [6, 6.07) is 5.65. The Kier molecular flexibility index (Phi) is 6.07. The van der Waals surface area contributed by atoms with E-state index in [1.54, 1.807) is 24.4 Å². The Morgan fingerprint density at radius 3 is 2.97 bits per heavy atom. The molecule has 0 spiro atoms. The number of alkyl halides is 2. The number of amides is 1. The van der Waals surface area contributed by atoms with Gasteiger partial charge >= 0.3 is 12.6 Å². The van der Waals surface area contributed by atoms with Crippen molar-refractivity contribution in [3.8, 4) is 17.0 Å². The Labute approximate surface area is 201 Å². The van der Waals surface area contributed by atoms with Crippen molar-refractivity contribution in [1.29, 1.82) is 0 Å². The molecular weight excluding hydrogens is 482 g/mol. The number of nitrogens with zero attached hydrogens (tertiary/aromatic N) is 5. The van der Waals surface area contributed by atoms with E-state index in [1.807, 2.05) is 6.26 Å². The van der Waals surface area contributed by atoms with E-state index in [9.17, 15) is 18.4 Å². The van der Waals surface area contributed by atoms with Crippen molar-refractivity contribution in [2.45, 2.75) is 24.0 Å². The molecule has 35 heavy (non-hydrogen) atoms. The van der Waals surface area contributed by atoms with Gasteiger partial charge in [-0.2, -0.15) is 19.0 Å². The normalized spacial score (nSPS) is 15.5. The van der Waals surface area contributed by atoms with Crippen LogP contribution in [0.25, 0.3) is 16.9 Å². The first kappa shape index (κ1) is 22.8. The van der Waals surface area contributed by atoms with E-state index >= 15 is 0 Å². The van der Waals surface area contributed by atoms with Crippen LogP contribution < -0.4 is 10.1 Å². The number of nitrogens with one attached hydrogen (secondary N) is 1. The smallest absolute Gasteiger partial charge is 0.387 e. The minimum atomic E-state index is -3.07. The maximum absolute atomic E-state index is 13.2. The van der Waals surface area contributed by atoms with E-state index < -0.39 is 24.5 Å². The summed E-state index contributed by atoms with van der Waals surface area (Å²) in [5, 5.41) is 11.4. The second-order valence-electron chi connectivity index (χ2n) is 7.48. The zero-order valence-corrected chi connectivity index (χ0v) is 19.0. The van der Waals surface area contributed by atoms with Gasteiger partial charge in [-0.3, -0.25) is 9.48 Å². The quantitative estimate of drug-likeness (QED) is 0.302. The summed E-state index contributed by atoms with van der Waals surface area (Å²) in [5.74, 6) is -1.12. The molecule has 1 aromatic carbocycles. The number of rotatable bonds is 7. The third-order valence-electron chi connectivity index (χ3n) is 5.39. The van der Waals surface area contributed by atoms with Crippen molar-refractivity contribution in [1.82, 2.24) is 24.4 Å². The van der Waals surface area contributed by atoms with Gasteiger partial charge in [-0.1, -0.05) is 0 Å². The van der Waals surface area contributed by atoms with Gasteiger partial charge in [0.15, 0.2) is 11.7 Å². The van der Waals surface area contributed by atoms with Crippen LogP contribution in [0.15, 0.2) is 53.9 Å². The summed E-state index contributed by atoms with van der Waals surface area (Å²) >= 11 is 1.40. The molecule has 1 fully saturated rings. The summed E-state index contributed by atoms with van der Waals surface area (Å²) in [4.78, 5) is 30.3. The van der Waals surface area contributed by atoms with Crippen molar-refractivity contribution in [2.75, 3.05) is 18.2 Å². The number of carbonyl (C=O) groups excluding carboxylic acids is 2. The molecule has 0 bridgehead atoms. The third kappa shape index (κ3) is 4.41. The molecule has 1 amide bonds. The number of anilines is 1. The van der Waals surface area contributed by atoms with E-state index in [0.717, 1.165) is 4.90 Å². The standard InChI is InChI=1S/C22H18F2N6O4S/c1-35-12-3-4-17(34-22(23)24)13(9-12)18-15(11-30(28-18)16-5-8-33-21(16)32)27-20(31)14-10-26-29-7-2-6-25-19(14)29/h2-4,6-7,9-11,16,22H,5,8H2,1H3,(H,27,31)/t16-/m1/s1. The summed E-state index contributed by atoms with van der Waals surface area (Å²) in [7, 11) is 0. The van der Waals surface area contributed by atoms with E-state index in [1.165, 1.54) is 45.6 Å². The van der Waals surface area contributed by atoms with Crippen molar-refractivity contribution >= 4 is 35.0 Å². The van der Waals surface area contributed by atoms with E-state index in [-0.39, 0.29) is 34.9 Å². The van der Waals surface area contributed by atoms with Crippen LogP contribution in [0.4, 0.5) is 14.5 Å². The van der Waals surface area contributed by atoms with E-state index in [2.05, 4.69) is 20.5 Å². The average Bonchev–Trinajstić information content (AvgIpc) is 3.57. The predicted molar refractivity (Wildman–Crippen MR) is 122 cm³/mol. The highest BCUT2D eigenvalue weighted by Gasteiger charge is 2.31. The number of cyclic esters (lactones) is 1. The van der Waals surface area contributed by atoms with Crippen LogP contribution in [-0.2, 0) is 9.53 Å². The van der Waals surface area contributed by atoms with Gasteiger partial charge in [-0.25, -0.2) is 14.3 Å². The van der Waals surface area contributed by atoms with Crippen LogP contribution in [0.2, 0.25) is 0 Å². The van der Waals surface area contributed by atoms with Gasteiger partial charge in [0, 0.05) is 29.3 Å². The molecule has 0 aliphatic carbocycles. The molecule has 5 rings (SSSR count). The number of ether oxygens (including phenoxy) is 2. The molecule has 1 saturated heterocycles. The topological polar surface area (TPSA) is 113 Å². The Hall–Kier alpha value is -4.00. The summed E-state index contributed by atoms with van der Waals surface area (Å²) in [5.41, 5.74) is 1.13. The molecule has 1 aliphatic rings. The highest BCUT2D eigenvalue weighted by Crippen LogP contribution is 2.38. The lowest BCUT2D eigenvalue weighted by atomic mass is 10.1. The number of esters is 1. The highest BCUT2D eigenvalue weighted by atomic mass is 32.2. The van der Waals surface area contributed by atoms with Crippen molar-refractivity contribution in [3.05, 3.63) is 54.6 Å². The second-order valence-corrected chi connectivity index (χ2v) is 8.36. The van der Waals surface area contributed by atoms with Crippen LogP contribution in [0, 0.1) is 0 Å². The second kappa shape index (κ2) is 9.33. The molecule has 0 radical (unpaired) electrons. The molecule has 13 heteroatoms. The fourth-order valence-electron chi connectivity index (χ4n) is 3.76. The van der Waals surface area contributed by atoms with Crippen molar-refractivity contribution in [2.24, 2.45) is 0 Å². The number of thioether (sulfide) groups is 1. The molecule has 4 aromatic rings. The molecule has 1 aliphatic heterocycles. The maximum atomic E-state index is 13.2. The molecule has 180 valence electrons. The van der Waals surface area contributed by atoms with Crippen LogP contribution in [0.1, 0.15) is 22.8 Å². The van der Waals surface area contributed by atoms with Crippen LogP contribution >= 0.6 is 11.8 Å². The first-order chi connectivity index (χ1) is 16.9. The van der Waals surface area contributed by atoms with Crippen molar-refractivity contribution < 1.29 is 27.8 Å². The fourth-order valence-corrected chi connectivity index (χ4v) is 4.20. The molecule has 1 atom stereocenters. The lowest BCUT2D eigenvalue weighted by molar-refractivity contribution is -0.140. The Morgan fingerprint density at radius 2 is 2.23 bits per heavy atom. The fraction of sp³-hybridized carbons (Fsp3) is 0.227. The minimum Gasteiger partial charge on any atom is -0.464 e. The number of hydrogen-bond donors (Lipinski definition) is 1. The van der Waals surface area contributed by atoms with Gasteiger partial charge in [-0.15, -0.1) is 11.8 Å². The SMILES string of the molecule is CSc1ccc(OC(F)F)c(-c2nn([C@@H]3CCOC3=O)cc2NC(=O)c2cnn3cccnc23)c1. The first-order valence-electron chi connectivity index (χ1n) is 10.4. The van der Waals surface area contributed by atoms with Crippen LogP contribution in [-0.4, -0.2) is 55.7 Å². The van der Waals surface area contributed by atoms with Gasteiger partial charge in [0.1, 0.15) is 17.0 Å². The lowest BCUT2D eigenvalue weighted by Gasteiger charge is -2.12. The molecule has 3 aromatic heterocycles. The highest BCUT2D eigenvalue weighted by molar-refractivity contribution is 7.98. The molecule has 0 unspecified atom stereocenters. The van der Waals surface area contributed by atoms with Crippen LogP contribution in [0.5, 0.6) is 5.75 Å². The number of hydrogen-bond acceptors (Lipinski definition) is 8. The number of halogens is 2. The van der Waals surface area contributed by atoms with Gasteiger partial charge < -0.3 is 14.8 Å². The molecule has 10 nitrogen and oxygen atoms in total. The minimum absolute atomic E-state index is 0.120. The van der Waals surface area contributed by atoms with Gasteiger partial charge in [0.25, 0.3) is 5.91 Å². The Balaban J connectivity index is 1.60. The first-order valence-corrected chi connectivity index (χ1v) is 11.7. The van der Waals surface area contributed by atoms with Crippen molar-refractivity contribution in [3.63, 3.8) is 0 Å². The molecule has 4 heterocycles. The molecular formula is C22H18F2N6O4S. The Morgan fingerprint density at radius 1 is 1.37 bits per heavy atom. The molecule has 0 saturated carbocycles. The Bertz CT molecular complexity index is 1420. The number of benzene rings is 1. The summed E-state index contributed by atoms with van der Waals surface area (Å²) in [6.45, 7) is -2.83.